The molecule has 1 aliphatic carbocycles. The van der Waals surface area contributed by atoms with Crippen LogP contribution in [0.4, 0.5) is 0 Å². The highest BCUT2D eigenvalue weighted by Crippen LogP contribution is 2.49. The zero-order valence-corrected chi connectivity index (χ0v) is 28.6. The van der Waals surface area contributed by atoms with Gasteiger partial charge in [-0.1, -0.05) is 121 Å². The van der Waals surface area contributed by atoms with E-state index >= 15 is 0 Å². The lowest BCUT2D eigenvalue weighted by Gasteiger charge is -2.33. The molecule has 0 fully saturated rings. The number of hydrogen-bond acceptors (Lipinski definition) is 5. The SMILES string of the molecule is C[C@H]1OC2=C(CCC=C2)c2c(-c3cccc(-c4nc(-c5ccccc5)nc(-c5ccccc5)n4)c3)ccc(-c3ccc4c(c3)oc3ccccc34)c21. The van der Waals surface area contributed by atoms with Gasteiger partial charge in [-0.15, -0.1) is 0 Å². The van der Waals surface area contributed by atoms with Crippen molar-refractivity contribution in [2.45, 2.75) is 25.9 Å². The molecule has 2 aliphatic rings. The molecule has 3 heterocycles. The molecule has 1 aliphatic heterocycles. The zero-order chi connectivity index (χ0) is 34.6. The Morgan fingerprint density at radius 3 is 1.92 bits per heavy atom. The standard InChI is InChI=1S/C47H33N3O2/c1-29-43-35(33-23-24-38-37-19-8-10-21-40(37)52-42(38)28-33)25-26-36(44(43)39-20-9-11-22-41(39)51-29)32-17-12-18-34(27-32)47-49-45(30-13-4-2-5-14-30)48-46(50-47)31-15-6-3-7-16-31/h2-8,10-19,21-29H,9,20H2,1H3/t29-/m1/s1. The summed E-state index contributed by atoms with van der Waals surface area (Å²) in [6.07, 6.45) is 6.10. The summed E-state index contributed by atoms with van der Waals surface area (Å²) in [6, 6.07) is 48.1. The van der Waals surface area contributed by atoms with Gasteiger partial charge in [0.2, 0.25) is 0 Å². The predicted octanol–water partition coefficient (Wildman–Crippen LogP) is 12.3. The molecule has 0 saturated carbocycles. The van der Waals surface area contributed by atoms with Gasteiger partial charge in [-0.2, -0.15) is 0 Å². The molecule has 8 aromatic rings. The molecular weight excluding hydrogens is 639 g/mol. The van der Waals surface area contributed by atoms with Crippen LogP contribution < -0.4 is 0 Å². The summed E-state index contributed by atoms with van der Waals surface area (Å²) >= 11 is 0. The molecule has 248 valence electrons. The fraction of sp³-hybridized carbons (Fsp3) is 0.0851. The van der Waals surface area contributed by atoms with Crippen molar-refractivity contribution in [1.29, 1.82) is 0 Å². The van der Waals surface area contributed by atoms with E-state index in [0.717, 1.165) is 73.9 Å². The number of para-hydroxylation sites is 1. The minimum atomic E-state index is -0.147. The molecule has 6 aromatic carbocycles. The molecule has 0 saturated heterocycles. The Bertz CT molecular complexity index is 2670. The number of hydrogen-bond donors (Lipinski definition) is 0. The summed E-state index contributed by atoms with van der Waals surface area (Å²) in [5.74, 6) is 2.89. The lowest BCUT2D eigenvalue weighted by Crippen LogP contribution is -2.15. The molecule has 10 rings (SSSR count). The molecule has 52 heavy (non-hydrogen) atoms. The van der Waals surface area contributed by atoms with Crippen molar-refractivity contribution in [3.63, 3.8) is 0 Å². The predicted molar refractivity (Wildman–Crippen MR) is 209 cm³/mol. The van der Waals surface area contributed by atoms with Crippen LogP contribution in [0, 0.1) is 0 Å². The van der Waals surface area contributed by atoms with Gasteiger partial charge in [-0.25, -0.2) is 15.0 Å². The van der Waals surface area contributed by atoms with Gasteiger partial charge < -0.3 is 9.15 Å². The number of rotatable bonds is 5. The molecule has 5 nitrogen and oxygen atoms in total. The second-order valence-electron chi connectivity index (χ2n) is 13.4. The summed E-state index contributed by atoms with van der Waals surface area (Å²) < 4.78 is 13.0. The zero-order valence-electron chi connectivity index (χ0n) is 28.6. The van der Waals surface area contributed by atoms with Gasteiger partial charge in [0.1, 0.15) is 23.0 Å². The maximum Gasteiger partial charge on any atom is 0.164 e. The molecule has 0 amide bonds. The van der Waals surface area contributed by atoms with Gasteiger partial charge in [-0.05, 0) is 77.9 Å². The summed E-state index contributed by atoms with van der Waals surface area (Å²) in [4.78, 5) is 15.0. The normalized spacial score (nSPS) is 15.1. The summed E-state index contributed by atoms with van der Waals surface area (Å²) in [6.45, 7) is 2.16. The van der Waals surface area contributed by atoms with Crippen LogP contribution >= 0.6 is 0 Å². The van der Waals surface area contributed by atoms with Gasteiger partial charge in [-0.3, -0.25) is 0 Å². The Balaban J connectivity index is 1.15. The lowest BCUT2D eigenvalue weighted by molar-refractivity contribution is 0.139. The lowest BCUT2D eigenvalue weighted by atomic mass is 9.79. The average Bonchev–Trinajstić information content (AvgIpc) is 3.59. The molecule has 2 aromatic heterocycles. The Morgan fingerprint density at radius 2 is 1.15 bits per heavy atom. The van der Waals surface area contributed by atoms with E-state index in [4.69, 9.17) is 24.1 Å². The van der Waals surface area contributed by atoms with Crippen molar-refractivity contribution in [2.24, 2.45) is 0 Å². The fourth-order valence-corrected chi connectivity index (χ4v) is 7.77. The Morgan fingerprint density at radius 1 is 0.538 bits per heavy atom. The third-order valence-electron chi connectivity index (χ3n) is 10.2. The van der Waals surface area contributed by atoms with Crippen LogP contribution in [0.2, 0.25) is 0 Å². The molecule has 0 unspecified atom stereocenters. The summed E-state index contributed by atoms with van der Waals surface area (Å²) in [5.41, 5.74) is 12.9. The molecule has 1 atom stereocenters. The van der Waals surface area contributed by atoms with Gasteiger partial charge in [0.25, 0.3) is 0 Å². The Kier molecular flexibility index (Phi) is 7.17. The van der Waals surface area contributed by atoms with E-state index in [1.807, 2.05) is 72.8 Å². The van der Waals surface area contributed by atoms with Gasteiger partial charge in [0.05, 0.1) is 0 Å². The van der Waals surface area contributed by atoms with Crippen LogP contribution in [-0.2, 0) is 4.74 Å². The first-order valence-corrected chi connectivity index (χ1v) is 17.8. The van der Waals surface area contributed by atoms with Crippen LogP contribution in [-0.4, -0.2) is 15.0 Å². The van der Waals surface area contributed by atoms with Gasteiger partial charge >= 0.3 is 0 Å². The van der Waals surface area contributed by atoms with Crippen molar-refractivity contribution < 1.29 is 9.15 Å². The largest absolute Gasteiger partial charge is 0.486 e. The Labute approximate surface area is 301 Å². The van der Waals surface area contributed by atoms with Gasteiger partial charge in [0.15, 0.2) is 17.5 Å². The third-order valence-corrected chi connectivity index (χ3v) is 10.2. The second kappa shape index (κ2) is 12.3. The highest BCUT2D eigenvalue weighted by Gasteiger charge is 2.31. The van der Waals surface area contributed by atoms with Crippen molar-refractivity contribution in [3.05, 3.63) is 169 Å². The van der Waals surface area contributed by atoms with E-state index < -0.39 is 0 Å². The smallest absolute Gasteiger partial charge is 0.164 e. The van der Waals surface area contributed by atoms with Gasteiger partial charge in [0, 0.05) is 38.6 Å². The molecule has 0 spiro atoms. The average molecular weight is 672 g/mol. The summed E-state index contributed by atoms with van der Waals surface area (Å²) in [7, 11) is 0. The molecular formula is C47H33N3O2. The van der Waals surface area contributed by atoms with Crippen molar-refractivity contribution >= 4 is 27.5 Å². The van der Waals surface area contributed by atoms with E-state index in [-0.39, 0.29) is 6.10 Å². The number of benzene rings is 6. The monoisotopic (exact) mass is 671 g/mol. The number of nitrogens with zero attached hydrogens (tertiary/aromatic N) is 3. The second-order valence-corrected chi connectivity index (χ2v) is 13.4. The van der Waals surface area contributed by atoms with E-state index in [1.54, 1.807) is 0 Å². The van der Waals surface area contributed by atoms with Crippen molar-refractivity contribution in [3.8, 4) is 56.4 Å². The quantitative estimate of drug-likeness (QED) is 0.182. The topological polar surface area (TPSA) is 61.0 Å². The minimum Gasteiger partial charge on any atom is -0.486 e. The van der Waals surface area contributed by atoms with Crippen molar-refractivity contribution in [2.75, 3.05) is 0 Å². The molecule has 0 bridgehead atoms. The van der Waals surface area contributed by atoms with E-state index in [2.05, 4.69) is 85.8 Å². The van der Waals surface area contributed by atoms with Crippen LogP contribution in [0.3, 0.4) is 0 Å². The van der Waals surface area contributed by atoms with E-state index in [1.165, 1.54) is 22.3 Å². The fourth-order valence-electron chi connectivity index (χ4n) is 7.77. The minimum absolute atomic E-state index is 0.147. The number of aromatic nitrogens is 3. The number of allylic oxidation sites excluding steroid dienone is 3. The first-order valence-electron chi connectivity index (χ1n) is 17.8. The Hall–Kier alpha value is -6.59. The van der Waals surface area contributed by atoms with E-state index in [0.29, 0.717) is 17.5 Å². The highest BCUT2D eigenvalue weighted by atomic mass is 16.5. The highest BCUT2D eigenvalue weighted by molar-refractivity contribution is 6.06. The first kappa shape index (κ1) is 30.3. The van der Waals surface area contributed by atoms with Crippen LogP contribution in [0.25, 0.3) is 83.9 Å². The third kappa shape index (κ3) is 5.13. The number of fused-ring (bicyclic) bond motifs is 5. The number of ether oxygens (including phenoxy) is 1. The molecule has 0 radical (unpaired) electrons. The maximum atomic E-state index is 6.65. The van der Waals surface area contributed by atoms with Crippen LogP contribution in [0.15, 0.2) is 162 Å². The maximum absolute atomic E-state index is 6.65. The van der Waals surface area contributed by atoms with E-state index in [9.17, 15) is 0 Å². The summed E-state index contributed by atoms with van der Waals surface area (Å²) in [5, 5.41) is 2.25. The molecule has 0 N–H and O–H groups in total. The van der Waals surface area contributed by atoms with Crippen LogP contribution in [0.5, 0.6) is 0 Å². The first-order chi connectivity index (χ1) is 25.7. The van der Waals surface area contributed by atoms with Crippen molar-refractivity contribution in [1.82, 2.24) is 15.0 Å². The number of furan rings is 1. The van der Waals surface area contributed by atoms with Crippen LogP contribution in [0.1, 0.15) is 37.0 Å². The molecule has 5 heteroatoms.